The summed E-state index contributed by atoms with van der Waals surface area (Å²) in [6, 6.07) is 11.6. The monoisotopic (exact) mass is 244 g/mol. The summed E-state index contributed by atoms with van der Waals surface area (Å²) in [4.78, 5) is 2.52. The van der Waals surface area contributed by atoms with Gasteiger partial charge in [-0.15, -0.1) is 0 Å². The van der Waals surface area contributed by atoms with E-state index in [4.69, 9.17) is 4.74 Å². The van der Waals surface area contributed by atoms with Gasteiger partial charge in [-0.05, 0) is 5.56 Å². The van der Waals surface area contributed by atoms with Crippen molar-refractivity contribution in [2.75, 3.05) is 32.8 Å². The van der Waals surface area contributed by atoms with E-state index in [1.165, 1.54) is 5.56 Å². The largest absolute Gasteiger partial charge is 0.379 e. The highest BCUT2D eigenvalue weighted by Crippen LogP contribution is 2.16. The highest BCUT2D eigenvalue weighted by atomic mass is 16.5. The van der Waals surface area contributed by atoms with Crippen LogP contribution in [-0.4, -0.2) is 49.8 Å². The van der Waals surface area contributed by atoms with Crippen molar-refractivity contribution >= 4 is 6.08 Å². The minimum absolute atomic E-state index is 0.508. The number of hydrogen-bond acceptors (Lipinski definition) is 3. The topological polar surface area (TPSA) is 34.4 Å². The van der Waals surface area contributed by atoms with Crippen LogP contribution in [0.3, 0.4) is 0 Å². The molecule has 96 valence electrons. The Labute approximate surface area is 108 Å². The molecule has 0 spiro atoms. The highest BCUT2D eigenvalue weighted by molar-refractivity contribution is 5.50. The molecule has 2 aliphatic heterocycles. The number of rotatable bonds is 4. The lowest BCUT2D eigenvalue weighted by molar-refractivity contribution is 0.0256. The number of morpholine rings is 1. The Morgan fingerprint density at radius 1 is 1.22 bits per heavy atom. The summed E-state index contributed by atoms with van der Waals surface area (Å²) in [6.45, 7) is 4.95. The second-order valence-electron chi connectivity index (χ2n) is 4.92. The summed E-state index contributed by atoms with van der Waals surface area (Å²) in [5.41, 5.74) is 1.27. The van der Waals surface area contributed by atoms with Crippen molar-refractivity contribution in [2.24, 2.45) is 0 Å². The van der Waals surface area contributed by atoms with Gasteiger partial charge < -0.3 is 10.1 Å². The van der Waals surface area contributed by atoms with Crippen LogP contribution in [0.2, 0.25) is 0 Å². The van der Waals surface area contributed by atoms with Gasteiger partial charge in [-0.2, -0.15) is 0 Å². The van der Waals surface area contributed by atoms with Crippen molar-refractivity contribution in [2.45, 2.75) is 12.1 Å². The zero-order valence-corrected chi connectivity index (χ0v) is 10.6. The number of benzene rings is 1. The van der Waals surface area contributed by atoms with Crippen LogP contribution in [0.5, 0.6) is 0 Å². The van der Waals surface area contributed by atoms with E-state index >= 15 is 0 Å². The van der Waals surface area contributed by atoms with E-state index in [-0.39, 0.29) is 0 Å². The fraction of sp³-hybridized carbons (Fsp3) is 0.467. The third kappa shape index (κ3) is 2.99. The molecular formula is C15H20N2O. The summed E-state index contributed by atoms with van der Waals surface area (Å²) in [7, 11) is 0. The van der Waals surface area contributed by atoms with Crippen molar-refractivity contribution in [3.8, 4) is 0 Å². The second-order valence-corrected chi connectivity index (χ2v) is 4.92. The van der Waals surface area contributed by atoms with Gasteiger partial charge in [-0.1, -0.05) is 42.5 Å². The van der Waals surface area contributed by atoms with Crippen LogP contribution in [0.1, 0.15) is 5.56 Å². The molecule has 0 bridgehead atoms. The Bertz CT molecular complexity index is 394. The third-order valence-corrected chi connectivity index (χ3v) is 3.60. The van der Waals surface area contributed by atoms with Crippen LogP contribution in [0.15, 0.2) is 36.4 Å². The molecule has 0 saturated carbocycles. The van der Waals surface area contributed by atoms with E-state index in [1.54, 1.807) is 0 Å². The lowest BCUT2D eigenvalue weighted by Gasteiger charge is -2.32. The number of ether oxygens (including phenoxy) is 1. The predicted molar refractivity (Wildman–Crippen MR) is 73.4 cm³/mol. The molecule has 0 aromatic heterocycles. The maximum absolute atomic E-state index is 5.43. The first-order valence-electron chi connectivity index (χ1n) is 6.72. The molecular weight excluding hydrogens is 224 g/mol. The van der Waals surface area contributed by atoms with Gasteiger partial charge in [0.05, 0.1) is 13.2 Å². The highest BCUT2D eigenvalue weighted by Gasteiger charge is 2.33. The normalized spacial score (nSPS) is 26.3. The first-order valence-corrected chi connectivity index (χ1v) is 6.72. The van der Waals surface area contributed by atoms with Crippen molar-refractivity contribution in [3.05, 3.63) is 42.0 Å². The molecule has 2 atom stereocenters. The predicted octanol–water partition coefficient (Wildman–Crippen LogP) is 1.37. The van der Waals surface area contributed by atoms with Crippen LogP contribution in [-0.2, 0) is 4.74 Å². The van der Waals surface area contributed by atoms with E-state index in [2.05, 4.69) is 52.7 Å². The Kier molecular flexibility index (Phi) is 3.74. The molecule has 1 aromatic rings. The third-order valence-electron chi connectivity index (χ3n) is 3.60. The molecule has 18 heavy (non-hydrogen) atoms. The van der Waals surface area contributed by atoms with Gasteiger partial charge in [-0.25, -0.2) is 0 Å². The molecule has 2 fully saturated rings. The van der Waals surface area contributed by atoms with Crippen LogP contribution < -0.4 is 5.32 Å². The van der Waals surface area contributed by atoms with Crippen molar-refractivity contribution < 1.29 is 4.74 Å². The SMILES string of the molecule is C(=C\C(C1CN1)N1CCOCC1)/c1ccccc1. The zero-order chi connectivity index (χ0) is 12.2. The standard InChI is InChI=1S/C15H20N2O/c1-2-4-13(5-3-1)6-7-15(14-12-16-14)17-8-10-18-11-9-17/h1-7,14-16H,8-12H2/b7-6+. The molecule has 3 nitrogen and oxygen atoms in total. The number of nitrogens with one attached hydrogen (secondary N) is 1. The summed E-state index contributed by atoms with van der Waals surface area (Å²) in [5.74, 6) is 0. The molecule has 3 heteroatoms. The Hall–Kier alpha value is -1.16. The Morgan fingerprint density at radius 2 is 1.94 bits per heavy atom. The fourth-order valence-corrected chi connectivity index (χ4v) is 2.47. The fourth-order valence-electron chi connectivity index (χ4n) is 2.47. The Balaban J connectivity index is 1.68. The van der Waals surface area contributed by atoms with E-state index in [1.807, 2.05) is 0 Å². The van der Waals surface area contributed by atoms with Crippen molar-refractivity contribution in [3.63, 3.8) is 0 Å². The summed E-state index contributed by atoms with van der Waals surface area (Å²) in [5, 5.41) is 3.43. The van der Waals surface area contributed by atoms with Crippen molar-refractivity contribution in [1.82, 2.24) is 10.2 Å². The Morgan fingerprint density at radius 3 is 2.61 bits per heavy atom. The first-order chi connectivity index (χ1) is 8.93. The maximum Gasteiger partial charge on any atom is 0.0594 e. The maximum atomic E-state index is 5.43. The van der Waals surface area contributed by atoms with Gasteiger partial charge in [0.1, 0.15) is 0 Å². The average molecular weight is 244 g/mol. The van der Waals surface area contributed by atoms with E-state index < -0.39 is 0 Å². The van der Waals surface area contributed by atoms with Gasteiger partial charge in [0.2, 0.25) is 0 Å². The molecule has 0 radical (unpaired) electrons. The van der Waals surface area contributed by atoms with E-state index in [9.17, 15) is 0 Å². The minimum atomic E-state index is 0.508. The minimum Gasteiger partial charge on any atom is -0.379 e. The summed E-state index contributed by atoms with van der Waals surface area (Å²) < 4.78 is 5.43. The van der Waals surface area contributed by atoms with Gasteiger partial charge >= 0.3 is 0 Å². The lowest BCUT2D eigenvalue weighted by Crippen LogP contribution is -2.45. The quantitative estimate of drug-likeness (QED) is 0.812. The molecule has 1 N–H and O–H groups in total. The summed E-state index contributed by atoms with van der Waals surface area (Å²) in [6.07, 6.45) is 4.57. The first kappa shape index (κ1) is 11.9. The smallest absolute Gasteiger partial charge is 0.0594 e. The number of nitrogens with zero attached hydrogens (tertiary/aromatic N) is 1. The molecule has 1 aromatic carbocycles. The molecule has 2 heterocycles. The lowest BCUT2D eigenvalue weighted by atomic mass is 10.1. The van der Waals surface area contributed by atoms with Gasteiger partial charge in [0, 0.05) is 31.7 Å². The van der Waals surface area contributed by atoms with Crippen LogP contribution >= 0.6 is 0 Å². The van der Waals surface area contributed by atoms with Gasteiger partial charge in [-0.3, -0.25) is 4.90 Å². The average Bonchev–Trinajstić information content (AvgIpc) is 3.26. The van der Waals surface area contributed by atoms with Crippen molar-refractivity contribution in [1.29, 1.82) is 0 Å². The van der Waals surface area contributed by atoms with Gasteiger partial charge in [0.15, 0.2) is 0 Å². The molecule has 2 aliphatic rings. The van der Waals surface area contributed by atoms with E-state index in [0.29, 0.717) is 12.1 Å². The van der Waals surface area contributed by atoms with Gasteiger partial charge in [0.25, 0.3) is 0 Å². The molecule has 2 saturated heterocycles. The number of hydrogen-bond donors (Lipinski definition) is 1. The second kappa shape index (κ2) is 5.65. The zero-order valence-electron chi connectivity index (χ0n) is 10.6. The van der Waals surface area contributed by atoms with Crippen LogP contribution in [0.25, 0.3) is 6.08 Å². The van der Waals surface area contributed by atoms with Crippen LogP contribution in [0.4, 0.5) is 0 Å². The molecule has 2 unspecified atom stereocenters. The van der Waals surface area contributed by atoms with E-state index in [0.717, 1.165) is 32.8 Å². The molecule has 3 rings (SSSR count). The molecule has 0 aliphatic carbocycles. The van der Waals surface area contributed by atoms with Crippen LogP contribution in [0, 0.1) is 0 Å². The summed E-state index contributed by atoms with van der Waals surface area (Å²) >= 11 is 0. The molecule has 0 amide bonds.